The Hall–Kier alpha value is -2.37. The molecule has 0 aromatic heterocycles. The van der Waals surface area contributed by atoms with Crippen molar-refractivity contribution in [1.82, 2.24) is 10.6 Å². The van der Waals surface area contributed by atoms with Crippen LogP contribution in [0.3, 0.4) is 0 Å². The van der Waals surface area contributed by atoms with Crippen molar-refractivity contribution < 1.29 is 19.5 Å². The third-order valence-electron chi connectivity index (χ3n) is 5.57. The summed E-state index contributed by atoms with van der Waals surface area (Å²) in [4.78, 5) is 36.1. The number of carboxylic acids is 1. The first-order valence-electron chi connectivity index (χ1n) is 9.64. The molecule has 1 aliphatic rings. The molecule has 3 N–H and O–H groups in total. The lowest BCUT2D eigenvalue weighted by Crippen LogP contribution is -2.56. The van der Waals surface area contributed by atoms with E-state index in [2.05, 4.69) is 17.6 Å². The van der Waals surface area contributed by atoms with Crippen molar-refractivity contribution >= 4 is 17.8 Å². The molecule has 2 amide bonds. The van der Waals surface area contributed by atoms with Crippen molar-refractivity contribution in [3.05, 3.63) is 35.4 Å². The van der Waals surface area contributed by atoms with Crippen molar-refractivity contribution in [3.63, 3.8) is 0 Å². The van der Waals surface area contributed by atoms with Crippen molar-refractivity contribution in [2.45, 2.75) is 70.9 Å². The van der Waals surface area contributed by atoms with Crippen molar-refractivity contribution in [3.8, 4) is 0 Å². The summed E-state index contributed by atoms with van der Waals surface area (Å²) in [5.74, 6) is -1.04. The number of carbonyl (C=O) groups is 3. The van der Waals surface area contributed by atoms with Gasteiger partial charge in [-0.1, -0.05) is 43.2 Å². The van der Waals surface area contributed by atoms with Gasteiger partial charge in [-0.3, -0.25) is 9.59 Å². The Morgan fingerprint density at radius 3 is 2.26 bits per heavy atom. The number of aryl methyl sites for hydroxylation is 1. The van der Waals surface area contributed by atoms with Crippen LogP contribution in [0.1, 0.15) is 69.5 Å². The Labute approximate surface area is 160 Å². The van der Waals surface area contributed by atoms with E-state index in [9.17, 15) is 19.5 Å². The van der Waals surface area contributed by atoms with Gasteiger partial charge in [0.1, 0.15) is 5.54 Å². The van der Waals surface area contributed by atoms with Crippen LogP contribution in [-0.2, 0) is 14.4 Å². The molecule has 1 aliphatic carbocycles. The zero-order valence-electron chi connectivity index (χ0n) is 16.4. The molecular formula is C21H30N2O4. The SMILES string of the molecule is CCC1CCC(NC(=O)CC(NC(C)=O)c2ccc(C)cc2)(C(=O)O)CC1. The Morgan fingerprint density at radius 2 is 1.78 bits per heavy atom. The summed E-state index contributed by atoms with van der Waals surface area (Å²) in [6.07, 6.45) is 3.53. The Balaban J connectivity index is 2.10. The van der Waals surface area contributed by atoms with Crippen LogP contribution < -0.4 is 10.6 Å². The minimum Gasteiger partial charge on any atom is -0.480 e. The molecule has 6 heteroatoms. The van der Waals surface area contributed by atoms with Gasteiger partial charge in [0.25, 0.3) is 0 Å². The van der Waals surface area contributed by atoms with Crippen LogP contribution in [-0.4, -0.2) is 28.4 Å². The quantitative estimate of drug-likeness (QED) is 0.683. The largest absolute Gasteiger partial charge is 0.480 e. The van der Waals surface area contributed by atoms with Gasteiger partial charge in [-0.2, -0.15) is 0 Å². The summed E-state index contributed by atoms with van der Waals surface area (Å²) >= 11 is 0. The summed E-state index contributed by atoms with van der Waals surface area (Å²) in [5, 5.41) is 15.3. The second-order valence-corrected chi connectivity index (χ2v) is 7.65. The maximum absolute atomic E-state index is 12.7. The average molecular weight is 374 g/mol. The fourth-order valence-corrected chi connectivity index (χ4v) is 3.77. The summed E-state index contributed by atoms with van der Waals surface area (Å²) in [5.41, 5.74) is 0.712. The molecule has 1 fully saturated rings. The molecule has 6 nitrogen and oxygen atoms in total. The normalized spacial score (nSPS) is 23.3. The molecule has 1 saturated carbocycles. The van der Waals surface area contributed by atoms with E-state index >= 15 is 0 Å². The molecule has 0 heterocycles. The first kappa shape index (κ1) is 20.9. The summed E-state index contributed by atoms with van der Waals surface area (Å²) < 4.78 is 0. The Kier molecular flexibility index (Phi) is 6.99. The third-order valence-corrected chi connectivity index (χ3v) is 5.57. The number of aliphatic carboxylic acids is 1. The van der Waals surface area contributed by atoms with E-state index in [1.165, 1.54) is 6.92 Å². The average Bonchev–Trinajstić information content (AvgIpc) is 2.62. The Morgan fingerprint density at radius 1 is 1.19 bits per heavy atom. The van der Waals surface area contributed by atoms with E-state index < -0.39 is 17.6 Å². The number of carboxylic acid groups (broad SMARTS) is 1. The molecule has 148 valence electrons. The summed E-state index contributed by atoms with van der Waals surface area (Å²) in [6, 6.07) is 7.12. The van der Waals surface area contributed by atoms with Crippen LogP contribution >= 0.6 is 0 Å². The predicted molar refractivity (Wildman–Crippen MR) is 103 cm³/mol. The molecule has 0 spiro atoms. The lowest BCUT2D eigenvalue weighted by atomic mass is 9.75. The van der Waals surface area contributed by atoms with Crippen LogP contribution in [0, 0.1) is 12.8 Å². The highest BCUT2D eigenvalue weighted by atomic mass is 16.4. The topological polar surface area (TPSA) is 95.5 Å². The molecule has 0 bridgehead atoms. The molecule has 1 aromatic carbocycles. The smallest absolute Gasteiger partial charge is 0.329 e. The van der Waals surface area contributed by atoms with Crippen LogP contribution in [0.25, 0.3) is 0 Å². The molecule has 1 atom stereocenters. The highest BCUT2D eigenvalue weighted by Crippen LogP contribution is 2.34. The van der Waals surface area contributed by atoms with Crippen LogP contribution in [0.15, 0.2) is 24.3 Å². The lowest BCUT2D eigenvalue weighted by molar-refractivity contribution is -0.150. The number of benzene rings is 1. The number of carbonyl (C=O) groups excluding carboxylic acids is 2. The van der Waals surface area contributed by atoms with Gasteiger partial charge in [-0.25, -0.2) is 4.79 Å². The van der Waals surface area contributed by atoms with E-state index in [0.717, 1.165) is 30.4 Å². The van der Waals surface area contributed by atoms with Gasteiger partial charge >= 0.3 is 5.97 Å². The number of hydrogen-bond acceptors (Lipinski definition) is 3. The van der Waals surface area contributed by atoms with Crippen molar-refractivity contribution in [1.29, 1.82) is 0 Å². The zero-order valence-corrected chi connectivity index (χ0v) is 16.4. The highest BCUT2D eigenvalue weighted by Gasteiger charge is 2.43. The molecule has 0 radical (unpaired) electrons. The number of rotatable bonds is 7. The van der Waals surface area contributed by atoms with Crippen molar-refractivity contribution in [2.75, 3.05) is 0 Å². The van der Waals surface area contributed by atoms with Gasteiger partial charge in [0.15, 0.2) is 0 Å². The van der Waals surface area contributed by atoms with E-state index in [1.807, 2.05) is 31.2 Å². The second kappa shape index (κ2) is 9.02. The highest BCUT2D eigenvalue weighted by molar-refractivity contribution is 5.87. The molecule has 1 aromatic rings. The van der Waals surface area contributed by atoms with E-state index in [4.69, 9.17) is 0 Å². The summed E-state index contributed by atoms with van der Waals surface area (Å²) in [6.45, 7) is 5.48. The predicted octanol–water partition coefficient (Wildman–Crippen LogP) is 3.10. The monoisotopic (exact) mass is 374 g/mol. The standard InChI is InChI=1S/C21H30N2O4/c1-4-16-9-11-21(12-10-16,20(26)27)23-19(25)13-18(22-15(3)24)17-7-5-14(2)6-8-17/h5-8,16,18H,4,9-13H2,1-3H3,(H,22,24)(H,23,25)(H,26,27). The molecular weight excluding hydrogens is 344 g/mol. The molecule has 0 aliphatic heterocycles. The van der Waals surface area contributed by atoms with E-state index in [0.29, 0.717) is 18.8 Å². The van der Waals surface area contributed by atoms with Gasteiger partial charge in [0.05, 0.1) is 12.5 Å². The number of nitrogens with one attached hydrogen (secondary N) is 2. The van der Waals surface area contributed by atoms with Gasteiger partial charge in [-0.05, 0) is 44.1 Å². The molecule has 2 rings (SSSR count). The molecule has 1 unspecified atom stereocenters. The van der Waals surface area contributed by atoms with E-state index in [-0.39, 0.29) is 18.2 Å². The maximum atomic E-state index is 12.7. The molecule has 0 saturated heterocycles. The van der Waals surface area contributed by atoms with Crippen LogP contribution in [0.2, 0.25) is 0 Å². The fraction of sp³-hybridized carbons (Fsp3) is 0.571. The lowest BCUT2D eigenvalue weighted by Gasteiger charge is -2.37. The van der Waals surface area contributed by atoms with Gasteiger partial charge in [0.2, 0.25) is 11.8 Å². The number of hydrogen-bond donors (Lipinski definition) is 3. The minimum atomic E-state index is -1.20. The van der Waals surface area contributed by atoms with Crippen molar-refractivity contribution in [2.24, 2.45) is 5.92 Å². The third kappa shape index (κ3) is 5.55. The van der Waals surface area contributed by atoms with E-state index in [1.54, 1.807) is 0 Å². The van der Waals surface area contributed by atoms with Gasteiger partial charge in [-0.15, -0.1) is 0 Å². The number of amides is 2. The molecule has 27 heavy (non-hydrogen) atoms. The first-order chi connectivity index (χ1) is 12.8. The van der Waals surface area contributed by atoms with Gasteiger partial charge < -0.3 is 15.7 Å². The minimum absolute atomic E-state index is 0.00881. The second-order valence-electron chi connectivity index (χ2n) is 7.65. The van der Waals surface area contributed by atoms with Crippen LogP contribution in [0.4, 0.5) is 0 Å². The summed E-state index contributed by atoms with van der Waals surface area (Å²) in [7, 11) is 0. The Bertz CT molecular complexity index is 676. The first-order valence-corrected chi connectivity index (χ1v) is 9.64. The van der Waals surface area contributed by atoms with Crippen LogP contribution in [0.5, 0.6) is 0 Å². The fourth-order valence-electron chi connectivity index (χ4n) is 3.77. The maximum Gasteiger partial charge on any atom is 0.329 e. The zero-order chi connectivity index (χ0) is 20.0. The van der Waals surface area contributed by atoms with Gasteiger partial charge in [0, 0.05) is 6.92 Å².